The van der Waals surface area contributed by atoms with Crippen LogP contribution in [0.2, 0.25) is 0 Å². The molecule has 122 valence electrons. The standard InChI is InChI=1S/C20H21N3O/c1-20(2,3)13-19(23-15-21-14-22-23)24-18-11-9-17(10-12-18)16-7-5-4-6-8-16/h4-15H,1-3H3. The van der Waals surface area contributed by atoms with Gasteiger partial charge in [-0.25, -0.2) is 4.98 Å². The Labute approximate surface area is 142 Å². The van der Waals surface area contributed by atoms with Crippen molar-refractivity contribution < 1.29 is 4.74 Å². The van der Waals surface area contributed by atoms with Crippen molar-refractivity contribution in [2.75, 3.05) is 0 Å². The molecular formula is C20H21N3O. The van der Waals surface area contributed by atoms with Gasteiger partial charge in [0.05, 0.1) is 0 Å². The number of aromatic nitrogens is 3. The minimum atomic E-state index is -0.0364. The molecular weight excluding hydrogens is 298 g/mol. The molecule has 0 aliphatic heterocycles. The largest absolute Gasteiger partial charge is 0.439 e. The fourth-order valence-corrected chi connectivity index (χ4v) is 2.30. The van der Waals surface area contributed by atoms with E-state index in [1.165, 1.54) is 11.9 Å². The molecule has 3 rings (SSSR count). The quantitative estimate of drug-likeness (QED) is 0.644. The van der Waals surface area contributed by atoms with Gasteiger partial charge < -0.3 is 4.74 Å². The summed E-state index contributed by atoms with van der Waals surface area (Å²) < 4.78 is 7.68. The lowest BCUT2D eigenvalue weighted by atomic mass is 9.97. The van der Waals surface area contributed by atoms with E-state index >= 15 is 0 Å². The Hall–Kier alpha value is -2.88. The number of allylic oxidation sites excluding steroid dienone is 1. The third-order valence-corrected chi connectivity index (χ3v) is 3.38. The van der Waals surface area contributed by atoms with E-state index < -0.39 is 0 Å². The highest BCUT2D eigenvalue weighted by atomic mass is 16.5. The highest BCUT2D eigenvalue weighted by Gasteiger charge is 2.13. The summed E-state index contributed by atoms with van der Waals surface area (Å²) in [5.41, 5.74) is 2.31. The molecule has 0 radical (unpaired) electrons. The van der Waals surface area contributed by atoms with E-state index in [4.69, 9.17) is 4.74 Å². The predicted molar refractivity (Wildman–Crippen MR) is 96.3 cm³/mol. The van der Waals surface area contributed by atoms with Crippen LogP contribution in [0.15, 0.2) is 73.3 Å². The van der Waals surface area contributed by atoms with Gasteiger partial charge in [0.1, 0.15) is 18.4 Å². The SMILES string of the molecule is CC(C)(C)C=C(Oc1ccc(-c2ccccc2)cc1)n1cncn1. The summed E-state index contributed by atoms with van der Waals surface area (Å²) in [5, 5.41) is 4.17. The van der Waals surface area contributed by atoms with Gasteiger partial charge in [-0.3, -0.25) is 0 Å². The first-order valence-electron chi connectivity index (χ1n) is 7.92. The van der Waals surface area contributed by atoms with Crippen LogP contribution < -0.4 is 4.74 Å². The summed E-state index contributed by atoms with van der Waals surface area (Å²) in [5.74, 6) is 1.41. The average Bonchev–Trinajstić information content (AvgIpc) is 3.09. The molecule has 0 atom stereocenters. The number of hydrogen-bond donors (Lipinski definition) is 0. The molecule has 1 aromatic heterocycles. The van der Waals surface area contributed by atoms with Gasteiger partial charge in [0.25, 0.3) is 0 Å². The molecule has 0 spiro atoms. The van der Waals surface area contributed by atoms with Crippen molar-refractivity contribution in [3.63, 3.8) is 0 Å². The van der Waals surface area contributed by atoms with Gasteiger partial charge in [0.2, 0.25) is 5.88 Å². The zero-order valence-electron chi connectivity index (χ0n) is 14.2. The van der Waals surface area contributed by atoms with Crippen LogP contribution in [-0.2, 0) is 0 Å². The number of nitrogens with zero attached hydrogens (tertiary/aromatic N) is 3. The maximum Gasteiger partial charge on any atom is 0.218 e. The number of hydrogen-bond acceptors (Lipinski definition) is 3. The first kappa shape index (κ1) is 16.0. The molecule has 0 saturated carbocycles. The van der Waals surface area contributed by atoms with E-state index in [1.807, 2.05) is 36.4 Å². The topological polar surface area (TPSA) is 39.9 Å². The van der Waals surface area contributed by atoms with Gasteiger partial charge >= 0.3 is 0 Å². The van der Waals surface area contributed by atoms with Gasteiger partial charge in [-0.15, -0.1) is 0 Å². The normalized spacial score (nSPS) is 12.2. The minimum Gasteiger partial charge on any atom is -0.439 e. The monoisotopic (exact) mass is 319 g/mol. The van der Waals surface area contributed by atoms with Gasteiger partial charge in [-0.05, 0) is 34.8 Å². The molecule has 0 bridgehead atoms. The second-order valence-corrected chi connectivity index (χ2v) is 6.68. The molecule has 24 heavy (non-hydrogen) atoms. The Bertz CT molecular complexity index is 798. The van der Waals surface area contributed by atoms with Crippen LogP contribution in [0.4, 0.5) is 0 Å². The fraction of sp³-hybridized carbons (Fsp3) is 0.200. The highest BCUT2D eigenvalue weighted by Crippen LogP contribution is 2.26. The Morgan fingerprint density at radius 1 is 0.958 bits per heavy atom. The van der Waals surface area contributed by atoms with Crippen LogP contribution in [0.25, 0.3) is 17.0 Å². The molecule has 0 fully saturated rings. The van der Waals surface area contributed by atoms with Crippen molar-refractivity contribution in [3.8, 4) is 16.9 Å². The van der Waals surface area contributed by atoms with Gasteiger partial charge in [-0.2, -0.15) is 9.78 Å². The van der Waals surface area contributed by atoms with E-state index in [9.17, 15) is 0 Å². The highest BCUT2D eigenvalue weighted by molar-refractivity contribution is 5.64. The van der Waals surface area contributed by atoms with E-state index in [-0.39, 0.29) is 5.41 Å². The summed E-state index contributed by atoms with van der Waals surface area (Å²) in [7, 11) is 0. The molecule has 1 heterocycles. The van der Waals surface area contributed by atoms with E-state index in [2.05, 4.69) is 55.1 Å². The molecule has 0 aliphatic rings. The third kappa shape index (κ3) is 4.10. The molecule has 4 nitrogen and oxygen atoms in total. The Kier molecular flexibility index (Phi) is 4.47. The van der Waals surface area contributed by atoms with Crippen molar-refractivity contribution in [1.82, 2.24) is 14.8 Å². The molecule has 0 N–H and O–H groups in total. The van der Waals surface area contributed by atoms with Gasteiger partial charge in [-0.1, -0.05) is 63.2 Å². The first-order chi connectivity index (χ1) is 11.5. The van der Waals surface area contributed by atoms with Crippen LogP contribution in [-0.4, -0.2) is 14.8 Å². The number of rotatable bonds is 4. The van der Waals surface area contributed by atoms with Crippen molar-refractivity contribution >= 4 is 5.88 Å². The Morgan fingerprint density at radius 3 is 2.21 bits per heavy atom. The van der Waals surface area contributed by atoms with E-state index in [0.717, 1.165) is 11.3 Å². The zero-order chi connectivity index (χ0) is 17.0. The second kappa shape index (κ2) is 6.71. The zero-order valence-corrected chi connectivity index (χ0v) is 14.2. The second-order valence-electron chi connectivity index (χ2n) is 6.68. The molecule has 0 amide bonds. The maximum absolute atomic E-state index is 6.05. The lowest BCUT2D eigenvalue weighted by Gasteiger charge is -2.16. The Morgan fingerprint density at radius 2 is 1.62 bits per heavy atom. The molecule has 0 unspecified atom stereocenters. The molecule has 0 saturated heterocycles. The van der Waals surface area contributed by atoms with E-state index in [1.54, 1.807) is 11.0 Å². The summed E-state index contributed by atoms with van der Waals surface area (Å²) in [6, 6.07) is 18.3. The van der Waals surface area contributed by atoms with Crippen LogP contribution in [0, 0.1) is 5.41 Å². The summed E-state index contributed by atoms with van der Waals surface area (Å²) >= 11 is 0. The van der Waals surface area contributed by atoms with Crippen LogP contribution in [0.1, 0.15) is 20.8 Å². The minimum absolute atomic E-state index is 0.0364. The van der Waals surface area contributed by atoms with Crippen LogP contribution >= 0.6 is 0 Å². The molecule has 0 aliphatic carbocycles. The van der Waals surface area contributed by atoms with Crippen molar-refractivity contribution in [2.24, 2.45) is 5.41 Å². The maximum atomic E-state index is 6.05. The predicted octanol–water partition coefficient (Wildman–Crippen LogP) is 4.87. The Balaban J connectivity index is 1.84. The smallest absolute Gasteiger partial charge is 0.218 e. The molecule has 3 aromatic rings. The lowest BCUT2D eigenvalue weighted by molar-refractivity contribution is 0.443. The summed E-state index contributed by atoms with van der Waals surface area (Å²) in [6.45, 7) is 6.35. The molecule has 4 heteroatoms. The van der Waals surface area contributed by atoms with Gasteiger partial charge in [0.15, 0.2) is 0 Å². The van der Waals surface area contributed by atoms with Crippen molar-refractivity contribution in [3.05, 3.63) is 73.3 Å². The lowest BCUT2D eigenvalue weighted by Crippen LogP contribution is -2.10. The van der Waals surface area contributed by atoms with E-state index in [0.29, 0.717) is 5.88 Å². The van der Waals surface area contributed by atoms with Gasteiger partial charge in [0, 0.05) is 0 Å². The summed E-state index contributed by atoms with van der Waals surface area (Å²) in [6.07, 6.45) is 5.17. The van der Waals surface area contributed by atoms with Crippen molar-refractivity contribution in [2.45, 2.75) is 20.8 Å². The van der Waals surface area contributed by atoms with Crippen LogP contribution in [0.3, 0.4) is 0 Å². The third-order valence-electron chi connectivity index (χ3n) is 3.38. The van der Waals surface area contributed by atoms with Crippen molar-refractivity contribution in [1.29, 1.82) is 0 Å². The first-order valence-corrected chi connectivity index (χ1v) is 7.92. The molecule has 2 aromatic carbocycles. The summed E-state index contributed by atoms with van der Waals surface area (Å²) in [4.78, 5) is 4.00. The number of benzene rings is 2. The average molecular weight is 319 g/mol. The van der Waals surface area contributed by atoms with Crippen LogP contribution in [0.5, 0.6) is 5.75 Å². The fourth-order valence-electron chi connectivity index (χ4n) is 2.30. The number of ether oxygens (including phenoxy) is 1.